The third-order valence-electron chi connectivity index (χ3n) is 5.81. The van der Waals surface area contributed by atoms with Crippen molar-refractivity contribution in [1.82, 2.24) is 0 Å². The van der Waals surface area contributed by atoms with Gasteiger partial charge in [-0.3, -0.25) is 0 Å². The first kappa shape index (κ1) is 17.3. The molecule has 2 aliphatic heterocycles. The van der Waals surface area contributed by atoms with Gasteiger partial charge >= 0.3 is 5.97 Å². The molecule has 2 fully saturated rings. The van der Waals surface area contributed by atoms with Crippen molar-refractivity contribution in [3.05, 3.63) is 29.8 Å². The van der Waals surface area contributed by atoms with E-state index in [1.807, 2.05) is 31.2 Å². The number of carbonyl (C=O) groups is 1. The zero-order valence-electron chi connectivity index (χ0n) is 15.0. The Labute approximate surface area is 145 Å². The Kier molecular flexibility index (Phi) is 5.44. The van der Waals surface area contributed by atoms with Gasteiger partial charge in [0, 0.05) is 12.3 Å². The molecule has 2 aliphatic rings. The van der Waals surface area contributed by atoms with Gasteiger partial charge in [0.2, 0.25) is 0 Å². The van der Waals surface area contributed by atoms with Crippen LogP contribution in [0.2, 0.25) is 0 Å². The van der Waals surface area contributed by atoms with Gasteiger partial charge < -0.3 is 14.0 Å². The standard InChI is InChI=1S/C20H30NO3/c1-16-7-5-9-18(13-16)23-15-20(22)24-14-17-8-6-12-21(2)11-4-3-10-19(17)21/h5,7,9,13,17,19H,3-4,6,8,10-12,14-15H2,1-2H3/q+1/t17-,19+,21?/m1/s1. The molecule has 1 aromatic rings. The molecule has 3 rings (SSSR count). The van der Waals surface area contributed by atoms with E-state index in [0.29, 0.717) is 18.6 Å². The number of quaternary nitrogens is 1. The van der Waals surface area contributed by atoms with Gasteiger partial charge in [-0.25, -0.2) is 4.79 Å². The molecule has 0 radical (unpaired) electrons. The van der Waals surface area contributed by atoms with E-state index in [1.165, 1.54) is 49.7 Å². The molecule has 1 unspecified atom stereocenters. The SMILES string of the molecule is Cc1cccc(OCC(=O)OC[C@H]2CCC[N+]3(C)CCCC[C@@H]23)c1. The molecule has 2 saturated heterocycles. The summed E-state index contributed by atoms with van der Waals surface area (Å²) in [4.78, 5) is 12.0. The second-order valence-corrected chi connectivity index (χ2v) is 7.68. The highest BCUT2D eigenvalue weighted by molar-refractivity contribution is 5.71. The molecular weight excluding hydrogens is 302 g/mol. The Balaban J connectivity index is 1.47. The number of piperidine rings is 2. The van der Waals surface area contributed by atoms with Crippen LogP contribution in [0.3, 0.4) is 0 Å². The molecule has 4 nitrogen and oxygen atoms in total. The first-order chi connectivity index (χ1) is 11.6. The zero-order valence-corrected chi connectivity index (χ0v) is 15.0. The van der Waals surface area contributed by atoms with Gasteiger partial charge in [-0.1, -0.05) is 12.1 Å². The van der Waals surface area contributed by atoms with Gasteiger partial charge in [0.15, 0.2) is 6.61 Å². The van der Waals surface area contributed by atoms with E-state index in [-0.39, 0.29) is 12.6 Å². The molecule has 3 atom stereocenters. The summed E-state index contributed by atoms with van der Waals surface area (Å²) in [5, 5.41) is 0. The third-order valence-corrected chi connectivity index (χ3v) is 5.81. The van der Waals surface area contributed by atoms with Crippen LogP contribution in [0.4, 0.5) is 0 Å². The van der Waals surface area contributed by atoms with Crippen LogP contribution in [0.25, 0.3) is 0 Å². The van der Waals surface area contributed by atoms with E-state index in [0.717, 1.165) is 11.3 Å². The van der Waals surface area contributed by atoms with E-state index in [4.69, 9.17) is 9.47 Å². The van der Waals surface area contributed by atoms with E-state index >= 15 is 0 Å². The van der Waals surface area contributed by atoms with Crippen LogP contribution in [0, 0.1) is 12.8 Å². The predicted molar refractivity (Wildman–Crippen MR) is 93.9 cm³/mol. The molecule has 0 N–H and O–H groups in total. The molecule has 0 aliphatic carbocycles. The van der Waals surface area contributed by atoms with Crippen LogP contribution >= 0.6 is 0 Å². The van der Waals surface area contributed by atoms with E-state index in [2.05, 4.69) is 7.05 Å². The van der Waals surface area contributed by atoms with Gasteiger partial charge in [-0.2, -0.15) is 0 Å². The highest BCUT2D eigenvalue weighted by Crippen LogP contribution is 2.36. The maximum atomic E-state index is 12.0. The predicted octanol–water partition coefficient (Wildman–Crippen LogP) is 3.33. The van der Waals surface area contributed by atoms with Crippen LogP contribution in [0.1, 0.15) is 37.7 Å². The van der Waals surface area contributed by atoms with Gasteiger partial charge in [0.1, 0.15) is 5.75 Å². The summed E-state index contributed by atoms with van der Waals surface area (Å²) in [5.74, 6) is 0.972. The molecule has 1 aromatic carbocycles. The number of hydrogen-bond acceptors (Lipinski definition) is 3. The van der Waals surface area contributed by atoms with Gasteiger partial charge in [0.05, 0.1) is 32.8 Å². The van der Waals surface area contributed by atoms with E-state index in [9.17, 15) is 4.79 Å². The fourth-order valence-electron chi connectivity index (χ4n) is 4.52. The molecule has 0 bridgehead atoms. The molecule has 0 saturated carbocycles. The van der Waals surface area contributed by atoms with Crippen LogP contribution in [-0.2, 0) is 9.53 Å². The third kappa shape index (κ3) is 4.10. The summed E-state index contributed by atoms with van der Waals surface area (Å²) in [6, 6.07) is 8.40. The summed E-state index contributed by atoms with van der Waals surface area (Å²) in [6.07, 6.45) is 6.36. The smallest absolute Gasteiger partial charge is 0.344 e. The lowest BCUT2D eigenvalue weighted by Crippen LogP contribution is -2.61. The Morgan fingerprint density at radius 1 is 1.21 bits per heavy atom. The van der Waals surface area contributed by atoms with Crippen LogP contribution in [0.15, 0.2) is 24.3 Å². The van der Waals surface area contributed by atoms with E-state index < -0.39 is 0 Å². The average Bonchev–Trinajstić information content (AvgIpc) is 2.57. The molecule has 24 heavy (non-hydrogen) atoms. The molecule has 2 heterocycles. The first-order valence-electron chi connectivity index (χ1n) is 9.26. The van der Waals surface area contributed by atoms with E-state index in [1.54, 1.807) is 0 Å². The number of ether oxygens (including phenoxy) is 2. The molecular formula is C20H30NO3+. The maximum absolute atomic E-state index is 12.0. The number of benzene rings is 1. The van der Waals surface area contributed by atoms with Crippen LogP contribution < -0.4 is 4.74 Å². The number of esters is 1. The number of carbonyl (C=O) groups excluding carboxylic acids is 1. The van der Waals surface area contributed by atoms with Gasteiger partial charge in [0.25, 0.3) is 0 Å². The van der Waals surface area contributed by atoms with Crippen molar-refractivity contribution in [2.24, 2.45) is 5.92 Å². The summed E-state index contributed by atoms with van der Waals surface area (Å²) in [6.45, 7) is 5.12. The minimum Gasteiger partial charge on any atom is -0.482 e. The van der Waals surface area contributed by atoms with Crippen LogP contribution in [-0.4, -0.2) is 49.8 Å². The van der Waals surface area contributed by atoms with Gasteiger partial charge in [-0.05, 0) is 50.3 Å². The number of nitrogens with zero attached hydrogens (tertiary/aromatic N) is 1. The Morgan fingerprint density at radius 3 is 2.88 bits per heavy atom. The molecule has 0 amide bonds. The van der Waals surface area contributed by atoms with Crippen molar-refractivity contribution in [3.8, 4) is 5.75 Å². The number of aryl methyl sites for hydroxylation is 1. The summed E-state index contributed by atoms with van der Waals surface area (Å²) in [7, 11) is 2.39. The minimum atomic E-state index is -0.257. The topological polar surface area (TPSA) is 35.5 Å². The lowest BCUT2D eigenvalue weighted by Gasteiger charge is -2.51. The molecule has 4 heteroatoms. The van der Waals surface area contributed by atoms with Crippen molar-refractivity contribution in [2.75, 3.05) is 33.4 Å². The molecule has 132 valence electrons. The van der Waals surface area contributed by atoms with Crippen molar-refractivity contribution < 1.29 is 18.8 Å². The van der Waals surface area contributed by atoms with Crippen molar-refractivity contribution in [3.63, 3.8) is 0 Å². The first-order valence-corrected chi connectivity index (χ1v) is 9.26. The lowest BCUT2D eigenvalue weighted by atomic mass is 9.82. The van der Waals surface area contributed by atoms with Crippen molar-refractivity contribution >= 4 is 5.97 Å². The number of rotatable bonds is 5. The second-order valence-electron chi connectivity index (χ2n) is 7.68. The number of hydrogen-bond donors (Lipinski definition) is 0. The summed E-state index contributed by atoms with van der Waals surface area (Å²) in [5.41, 5.74) is 1.12. The van der Waals surface area contributed by atoms with Crippen LogP contribution in [0.5, 0.6) is 5.75 Å². The van der Waals surface area contributed by atoms with Crippen molar-refractivity contribution in [2.45, 2.75) is 45.1 Å². The zero-order chi connectivity index (χ0) is 17.0. The monoisotopic (exact) mass is 332 g/mol. The fraction of sp³-hybridized carbons (Fsp3) is 0.650. The molecule has 0 spiro atoms. The minimum absolute atomic E-state index is 0.00698. The quantitative estimate of drug-likeness (QED) is 0.613. The lowest BCUT2D eigenvalue weighted by molar-refractivity contribution is -0.947. The number of fused-ring (bicyclic) bond motifs is 1. The maximum Gasteiger partial charge on any atom is 0.344 e. The Bertz CT molecular complexity index is 570. The second kappa shape index (κ2) is 7.56. The normalized spacial score (nSPS) is 29.6. The highest BCUT2D eigenvalue weighted by Gasteiger charge is 2.43. The fourth-order valence-corrected chi connectivity index (χ4v) is 4.52. The molecule has 0 aromatic heterocycles. The summed E-state index contributed by atoms with van der Waals surface area (Å²) < 4.78 is 12.3. The Hall–Kier alpha value is -1.55. The average molecular weight is 332 g/mol. The largest absolute Gasteiger partial charge is 0.482 e. The summed E-state index contributed by atoms with van der Waals surface area (Å²) >= 11 is 0. The highest BCUT2D eigenvalue weighted by atomic mass is 16.6. The van der Waals surface area contributed by atoms with Gasteiger partial charge in [-0.15, -0.1) is 0 Å². The Morgan fingerprint density at radius 2 is 2.04 bits per heavy atom. The van der Waals surface area contributed by atoms with Crippen molar-refractivity contribution in [1.29, 1.82) is 0 Å².